The van der Waals surface area contributed by atoms with Crippen LogP contribution >= 0.6 is 0 Å². The van der Waals surface area contributed by atoms with Gasteiger partial charge in [0.25, 0.3) is 5.91 Å². The number of anilines is 3. The molecule has 4 heterocycles. The molecule has 0 unspecified atom stereocenters. The average Bonchev–Trinajstić information content (AvgIpc) is 3.54. The van der Waals surface area contributed by atoms with E-state index in [1.807, 2.05) is 36.4 Å². The highest BCUT2D eigenvalue weighted by molar-refractivity contribution is 5.75. The summed E-state index contributed by atoms with van der Waals surface area (Å²) in [6.45, 7) is 5.16. The molecule has 0 bridgehead atoms. The van der Waals surface area contributed by atoms with Crippen LogP contribution in [0.1, 0.15) is 0 Å². The number of hydrogen-bond acceptors (Lipinski definition) is 10. The number of amides is 1. The van der Waals surface area contributed by atoms with Crippen LogP contribution in [0.5, 0.6) is 5.75 Å². The number of furan rings is 1. The smallest absolute Gasteiger partial charge is 0.255 e. The van der Waals surface area contributed by atoms with Gasteiger partial charge in [0.05, 0.1) is 6.26 Å². The molecule has 5 N–H and O–H groups in total. The normalized spacial score (nSPS) is 14.3. The van der Waals surface area contributed by atoms with Gasteiger partial charge in [0.1, 0.15) is 11.4 Å². The van der Waals surface area contributed by atoms with E-state index in [4.69, 9.17) is 20.6 Å². The quantitative estimate of drug-likeness (QED) is 0.319. The van der Waals surface area contributed by atoms with Crippen LogP contribution in [0.25, 0.3) is 17.1 Å². The average molecular weight is 478 g/mol. The molecule has 5 rings (SSSR count). The Morgan fingerprint density at radius 2 is 1.91 bits per heavy atom. The Morgan fingerprint density at radius 1 is 1.11 bits per heavy atom. The lowest BCUT2D eigenvalue weighted by Crippen LogP contribution is -2.47. The molecule has 1 fully saturated rings. The molecule has 0 atom stereocenters. The van der Waals surface area contributed by atoms with Crippen molar-refractivity contribution in [2.75, 3.05) is 61.8 Å². The van der Waals surface area contributed by atoms with E-state index < -0.39 is 5.91 Å². The number of carbonyl (C=O) groups is 1. The lowest BCUT2D eigenvalue weighted by atomic mass is 10.2. The van der Waals surface area contributed by atoms with Crippen molar-refractivity contribution < 1.29 is 13.9 Å². The van der Waals surface area contributed by atoms with Crippen molar-refractivity contribution in [3.63, 3.8) is 0 Å². The van der Waals surface area contributed by atoms with Gasteiger partial charge in [0.2, 0.25) is 11.9 Å². The van der Waals surface area contributed by atoms with E-state index in [1.165, 1.54) is 4.52 Å². The summed E-state index contributed by atoms with van der Waals surface area (Å²) >= 11 is 0. The van der Waals surface area contributed by atoms with Crippen molar-refractivity contribution in [2.45, 2.75) is 0 Å². The van der Waals surface area contributed by atoms with E-state index in [2.05, 4.69) is 30.2 Å². The number of nitrogens with zero attached hydrogens (tertiary/aromatic N) is 6. The Balaban J connectivity index is 1.10. The van der Waals surface area contributed by atoms with Crippen LogP contribution in [0.4, 0.5) is 17.6 Å². The lowest BCUT2D eigenvalue weighted by Gasteiger charge is -2.36. The van der Waals surface area contributed by atoms with Crippen LogP contribution in [0.2, 0.25) is 0 Å². The van der Waals surface area contributed by atoms with Crippen LogP contribution in [-0.4, -0.2) is 76.3 Å². The third-order valence-electron chi connectivity index (χ3n) is 5.79. The predicted molar refractivity (Wildman–Crippen MR) is 131 cm³/mol. The molecule has 0 radical (unpaired) electrons. The summed E-state index contributed by atoms with van der Waals surface area (Å²) in [4.78, 5) is 24.4. The Morgan fingerprint density at radius 3 is 2.63 bits per heavy atom. The van der Waals surface area contributed by atoms with Crippen LogP contribution in [0.15, 0.2) is 53.1 Å². The zero-order valence-electron chi connectivity index (χ0n) is 19.1. The molecule has 1 aliphatic rings. The van der Waals surface area contributed by atoms with Gasteiger partial charge in [-0.25, -0.2) is 0 Å². The van der Waals surface area contributed by atoms with E-state index in [1.54, 1.807) is 12.3 Å². The fourth-order valence-electron chi connectivity index (χ4n) is 4.00. The van der Waals surface area contributed by atoms with Gasteiger partial charge < -0.3 is 30.8 Å². The van der Waals surface area contributed by atoms with E-state index in [9.17, 15) is 4.79 Å². The molecular formula is C23H27N9O3. The van der Waals surface area contributed by atoms with E-state index >= 15 is 0 Å². The van der Waals surface area contributed by atoms with Gasteiger partial charge in [-0.2, -0.15) is 19.6 Å². The summed E-state index contributed by atoms with van der Waals surface area (Å²) in [5.41, 5.74) is 13.6. The first kappa shape index (κ1) is 22.5. The third kappa shape index (κ3) is 5.27. The number of carbonyl (C=O) groups excluding carboxylic acids is 1. The number of nitrogens with two attached hydrogens (primary N) is 2. The van der Waals surface area contributed by atoms with E-state index in [0.29, 0.717) is 35.3 Å². The zero-order chi connectivity index (χ0) is 24.2. The van der Waals surface area contributed by atoms with Crippen LogP contribution < -0.4 is 26.4 Å². The van der Waals surface area contributed by atoms with Gasteiger partial charge in [-0.1, -0.05) is 0 Å². The maximum absolute atomic E-state index is 10.8. The number of fused-ring (bicyclic) bond motifs is 1. The van der Waals surface area contributed by atoms with Crippen molar-refractivity contribution in [1.82, 2.24) is 24.5 Å². The predicted octanol–water partition coefficient (Wildman–Crippen LogP) is 1.06. The number of hydrogen-bond donors (Lipinski definition) is 3. The first-order valence-electron chi connectivity index (χ1n) is 11.3. The highest BCUT2D eigenvalue weighted by atomic mass is 16.5. The molecule has 1 aliphatic heterocycles. The lowest BCUT2D eigenvalue weighted by molar-refractivity contribution is -0.119. The highest BCUT2D eigenvalue weighted by Crippen LogP contribution is 2.22. The standard InChI is InChI=1S/C23H27N9O3/c24-20(33)15-35-17-5-3-16(4-6-17)31-11-9-30(10-12-31)8-7-26-23-27-21-14-18(19-2-1-13-34-19)29-32(21)22(25)28-23/h1-6,13-14H,7-12,15H2,(H2,24,33)(H3,25,26,27,28). The number of piperazine rings is 1. The summed E-state index contributed by atoms with van der Waals surface area (Å²) in [7, 11) is 0. The molecule has 4 aromatic rings. The van der Waals surface area contributed by atoms with Crippen molar-refractivity contribution in [2.24, 2.45) is 5.73 Å². The summed E-state index contributed by atoms with van der Waals surface area (Å²) < 4.78 is 12.2. The molecule has 0 aliphatic carbocycles. The summed E-state index contributed by atoms with van der Waals surface area (Å²) in [6.07, 6.45) is 1.60. The minimum Gasteiger partial charge on any atom is -0.484 e. The van der Waals surface area contributed by atoms with Crippen LogP contribution in [-0.2, 0) is 4.79 Å². The van der Waals surface area contributed by atoms with Gasteiger partial charge >= 0.3 is 0 Å². The number of aromatic nitrogens is 4. The van der Waals surface area contributed by atoms with Crippen molar-refractivity contribution in [3.8, 4) is 17.2 Å². The largest absolute Gasteiger partial charge is 0.484 e. The minimum atomic E-state index is -0.490. The molecule has 35 heavy (non-hydrogen) atoms. The second kappa shape index (κ2) is 9.89. The van der Waals surface area contributed by atoms with E-state index in [-0.39, 0.29) is 12.6 Å². The molecule has 0 spiro atoms. The van der Waals surface area contributed by atoms with Gasteiger partial charge in [-0.05, 0) is 36.4 Å². The second-order valence-electron chi connectivity index (χ2n) is 8.19. The van der Waals surface area contributed by atoms with Crippen LogP contribution in [0.3, 0.4) is 0 Å². The molecule has 12 heteroatoms. The SMILES string of the molecule is NC(=O)COc1ccc(N2CCN(CCNc3nc(N)n4nc(-c5ccco5)cc4n3)CC2)cc1. The topological polar surface area (TPSA) is 153 Å². The summed E-state index contributed by atoms with van der Waals surface area (Å²) in [6, 6.07) is 13.2. The maximum Gasteiger partial charge on any atom is 0.255 e. The van der Waals surface area contributed by atoms with Gasteiger partial charge in [-0.3, -0.25) is 9.69 Å². The monoisotopic (exact) mass is 477 g/mol. The molecule has 0 saturated carbocycles. The first-order chi connectivity index (χ1) is 17.0. The van der Waals surface area contributed by atoms with Crippen molar-refractivity contribution in [3.05, 3.63) is 48.7 Å². The minimum absolute atomic E-state index is 0.119. The fourth-order valence-corrected chi connectivity index (χ4v) is 4.00. The number of primary amides is 1. The third-order valence-corrected chi connectivity index (χ3v) is 5.79. The molecule has 1 aromatic carbocycles. The molecule has 3 aromatic heterocycles. The Labute approximate surface area is 201 Å². The van der Waals surface area contributed by atoms with Crippen LogP contribution in [0, 0.1) is 0 Å². The number of nitrogen functional groups attached to an aromatic ring is 1. The number of ether oxygens (including phenoxy) is 1. The fraction of sp³-hybridized carbons (Fsp3) is 0.304. The van der Waals surface area contributed by atoms with Gasteiger partial charge in [-0.15, -0.1) is 0 Å². The first-order valence-corrected chi connectivity index (χ1v) is 11.3. The molecule has 1 amide bonds. The van der Waals surface area contributed by atoms with Gasteiger partial charge in [0.15, 0.2) is 18.0 Å². The van der Waals surface area contributed by atoms with Crippen molar-refractivity contribution >= 4 is 29.1 Å². The molecular weight excluding hydrogens is 450 g/mol. The molecule has 1 saturated heterocycles. The summed E-state index contributed by atoms with van der Waals surface area (Å²) in [5, 5.41) is 7.68. The zero-order valence-corrected chi connectivity index (χ0v) is 19.1. The Bertz CT molecular complexity index is 1280. The summed E-state index contributed by atoms with van der Waals surface area (Å²) in [5.74, 6) is 1.52. The maximum atomic E-state index is 10.8. The molecule has 182 valence electrons. The van der Waals surface area contributed by atoms with Gasteiger partial charge in [0, 0.05) is 51.0 Å². The molecule has 12 nitrogen and oxygen atoms in total. The highest BCUT2D eigenvalue weighted by Gasteiger charge is 2.17. The Kier molecular flexibility index (Phi) is 6.35. The Hall–Kier alpha value is -4.32. The van der Waals surface area contributed by atoms with E-state index in [0.717, 1.165) is 38.4 Å². The van der Waals surface area contributed by atoms with Crippen molar-refractivity contribution in [1.29, 1.82) is 0 Å². The number of nitrogens with one attached hydrogen (secondary N) is 1. The number of benzene rings is 1. The second-order valence-corrected chi connectivity index (χ2v) is 8.19. The number of rotatable bonds is 9.